The van der Waals surface area contributed by atoms with E-state index in [9.17, 15) is 14.9 Å². The first kappa shape index (κ1) is 17.7. The molecule has 1 heterocycles. The van der Waals surface area contributed by atoms with Crippen LogP contribution < -0.4 is 5.32 Å². The number of hydrogen-bond acceptors (Lipinski definition) is 4. The fourth-order valence-corrected chi connectivity index (χ4v) is 2.40. The summed E-state index contributed by atoms with van der Waals surface area (Å²) < 4.78 is 1.25. The lowest BCUT2D eigenvalue weighted by atomic mass is 9.94. The summed E-state index contributed by atoms with van der Waals surface area (Å²) in [7, 11) is 0. The Hall–Kier alpha value is -2.70. The van der Waals surface area contributed by atoms with E-state index in [1.807, 2.05) is 12.1 Å². The van der Waals surface area contributed by atoms with Crippen molar-refractivity contribution in [1.82, 2.24) is 9.78 Å². The molecule has 2 rings (SSSR count). The number of carbonyl (C=O) groups is 1. The predicted octanol–water partition coefficient (Wildman–Crippen LogP) is 3.68. The number of nitrogens with one attached hydrogen (secondary N) is 1. The maximum Gasteiger partial charge on any atom is 0.307 e. The summed E-state index contributed by atoms with van der Waals surface area (Å²) in [6.45, 7) is 8.33. The van der Waals surface area contributed by atoms with Gasteiger partial charge in [-0.1, -0.05) is 39.8 Å². The van der Waals surface area contributed by atoms with Crippen LogP contribution >= 0.6 is 0 Å². The van der Waals surface area contributed by atoms with Crippen LogP contribution in [0.2, 0.25) is 0 Å². The number of nitro groups is 1. The first-order valence-electron chi connectivity index (χ1n) is 7.88. The summed E-state index contributed by atoms with van der Waals surface area (Å²) in [6, 6.07) is 6.03. The average molecular weight is 330 g/mol. The molecule has 24 heavy (non-hydrogen) atoms. The van der Waals surface area contributed by atoms with E-state index in [1.165, 1.54) is 16.4 Å². The van der Waals surface area contributed by atoms with Gasteiger partial charge in [-0.25, -0.2) is 0 Å². The molecule has 0 saturated carbocycles. The molecule has 0 saturated heterocycles. The number of benzene rings is 1. The molecular weight excluding hydrogens is 308 g/mol. The number of hydrogen-bond donors (Lipinski definition) is 1. The van der Waals surface area contributed by atoms with Gasteiger partial charge in [0.25, 0.3) is 0 Å². The third-order valence-electron chi connectivity index (χ3n) is 3.77. The molecule has 0 aliphatic rings. The molecule has 0 atom stereocenters. The number of amides is 1. The van der Waals surface area contributed by atoms with Crippen LogP contribution in [-0.2, 0) is 11.3 Å². The van der Waals surface area contributed by atoms with Gasteiger partial charge in [0.05, 0.1) is 4.92 Å². The van der Waals surface area contributed by atoms with Gasteiger partial charge in [0.2, 0.25) is 5.91 Å². The van der Waals surface area contributed by atoms with Crippen LogP contribution in [0.5, 0.6) is 0 Å². The Morgan fingerprint density at radius 2 is 2.00 bits per heavy atom. The van der Waals surface area contributed by atoms with Gasteiger partial charge in [0.15, 0.2) is 0 Å². The zero-order valence-corrected chi connectivity index (χ0v) is 14.3. The smallest absolute Gasteiger partial charge is 0.307 e. The van der Waals surface area contributed by atoms with E-state index in [1.54, 1.807) is 0 Å². The van der Waals surface area contributed by atoms with Crippen molar-refractivity contribution in [2.45, 2.75) is 46.1 Å². The van der Waals surface area contributed by atoms with Gasteiger partial charge in [-0.2, -0.15) is 5.10 Å². The topological polar surface area (TPSA) is 90.1 Å². The zero-order chi connectivity index (χ0) is 17.9. The van der Waals surface area contributed by atoms with E-state index in [0.717, 1.165) is 17.4 Å². The minimum atomic E-state index is -0.539. The largest absolute Gasteiger partial charge is 0.324 e. The number of anilines is 1. The third kappa shape index (κ3) is 4.18. The van der Waals surface area contributed by atoms with Gasteiger partial charge in [-0.3, -0.25) is 19.6 Å². The summed E-state index contributed by atoms with van der Waals surface area (Å²) in [6.07, 6.45) is 2.37. The Morgan fingerprint density at radius 3 is 2.54 bits per heavy atom. The second-order valence-electron chi connectivity index (χ2n) is 6.36. The highest BCUT2D eigenvalue weighted by atomic mass is 16.6. The van der Waals surface area contributed by atoms with Crippen LogP contribution in [0.4, 0.5) is 11.4 Å². The highest BCUT2D eigenvalue weighted by molar-refractivity contribution is 5.91. The molecule has 7 nitrogen and oxygen atoms in total. The number of nitrogens with zero attached hydrogens (tertiary/aromatic N) is 3. The SMILES string of the molecule is CC(C)c1ccc(NC(=O)Cn2cc([N+](=O)[O-])cn2)c(C(C)C)c1. The molecule has 0 aliphatic carbocycles. The zero-order valence-electron chi connectivity index (χ0n) is 14.3. The lowest BCUT2D eigenvalue weighted by Crippen LogP contribution is -2.20. The number of carbonyl (C=O) groups excluding carboxylic acids is 1. The maximum atomic E-state index is 12.2. The van der Waals surface area contributed by atoms with Crippen molar-refractivity contribution in [3.8, 4) is 0 Å². The minimum Gasteiger partial charge on any atom is -0.324 e. The van der Waals surface area contributed by atoms with Crippen molar-refractivity contribution in [1.29, 1.82) is 0 Å². The standard InChI is InChI=1S/C17H22N4O3/c1-11(2)13-5-6-16(15(7-13)12(3)4)19-17(22)10-20-9-14(8-18-20)21(23)24/h5-9,11-12H,10H2,1-4H3,(H,19,22). The van der Waals surface area contributed by atoms with E-state index < -0.39 is 4.92 Å². The molecule has 128 valence electrons. The summed E-state index contributed by atoms with van der Waals surface area (Å²) in [5.41, 5.74) is 2.92. The van der Waals surface area contributed by atoms with E-state index in [-0.39, 0.29) is 24.1 Å². The lowest BCUT2D eigenvalue weighted by molar-refractivity contribution is -0.385. The van der Waals surface area contributed by atoms with Crippen LogP contribution in [0.3, 0.4) is 0 Å². The summed E-state index contributed by atoms with van der Waals surface area (Å²) in [4.78, 5) is 22.3. The Labute approximate surface area is 140 Å². The minimum absolute atomic E-state index is 0.0721. The van der Waals surface area contributed by atoms with Crippen molar-refractivity contribution >= 4 is 17.3 Å². The molecule has 0 aliphatic heterocycles. The van der Waals surface area contributed by atoms with E-state index in [2.05, 4.69) is 44.2 Å². The molecule has 1 amide bonds. The molecule has 0 radical (unpaired) electrons. The quantitative estimate of drug-likeness (QED) is 0.646. The molecule has 0 unspecified atom stereocenters. The highest BCUT2D eigenvalue weighted by Gasteiger charge is 2.14. The molecule has 1 N–H and O–H groups in total. The second-order valence-corrected chi connectivity index (χ2v) is 6.36. The average Bonchev–Trinajstić information content (AvgIpc) is 2.95. The monoisotopic (exact) mass is 330 g/mol. The van der Waals surface area contributed by atoms with Crippen LogP contribution in [0, 0.1) is 10.1 Å². The second kappa shape index (κ2) is 7.25. The van der Waals surface area contributed by atoms with Crippen LogP contribution in [0.25, 0.3) is 0 Å². The van der Waals surface area contributed by atoms with Gasteiger partial charge in [-0.05, 0) is 29.0 Å². The van der Waals surface area contributed by atoms with Crippen LogP contribution in [-0.4, -0.2) is 20.6 Å². The van der Waals surface area contributed by atoms with Gasteiger partial charge in [0, 0.05) is 5.69 Å². The van der Waals surface area contributed by atoms with Gasteiger partial charge < -0.3 is 5.32 Å². The van der Waals surface area contributed by atoms with Gasteiger partial charge in [0.1, 0.15) is 18.9 Å². The first-order valence-corrected chi connectivity index (χ1v) is 7.88. The van der Waals surface area contributed by atoms with E-state index >= 15 is 0 Å². The lowest BCUT2D eigenvalue weighted by Gasteiger charge is -2.17. The van der Waals surface area contributed by atoms with Crippen LogP contribution in [0.15, 0.2) is 30.6 Å². The van der Waals surface area contributed by atoms with Crippen molar-refractivity contribution in [2.75, 3.05) is 5.32 Å². The summed E-state index contributed by atoms with van der Waals surface area (Å²) in [5.74, 6) is 0.411. The van der Waals surface area contributed by atoms with Crippen molar-refractivity contribution < 1.29 is 9.72 Å². The van der Waals surface area contributed by atoms with Gasteiger partial charge in [-0.15, -0.1) is 0 Å². The molecule has 2 aromatic rings. The molecule has 1 aromatic heterocycles. The van der Waals surface area contributed by atoms with Gasteiger partial charge >= 0.3 is 5.69 Å². The van der Waals surface area contributed by atoms with Crippen molar-refractivity contribution in [3.63, 3.8) is 0 Å². The molecule has 7 heteroatoms. The highest BCUT2D eigenvalue weighted by Crippen LogP contribution is 2.28. The van der Waals surface area contributed by atoms with Crippen molar-refractivity contribution in [3.05, 3.63) is 51.8 Å². The Kier molecular flexibility index (Phi) is 5.33. The van der Waals surface area contributed by atoms with Crippen LogP contribution in [0.1, 0.15) is 50.7 Å². The number of aromatic nitrogens is 2. The Morgan fingerprint density at radius 1 is 1.29 bits per heavy atom. The number of rotatable bonds is 6. The van der Waals surface area contributed by atoms with E-state index in [0.29, 0.717) is 5.92 Å². The van der Waals surface area contributed by atoms with Crippen molar-refractivity contribution in [2.24, 2.45) is 0 Å². The molecular formula is C17H22N4O3. The normalized spacial score (nSPS) is 11.1. The Bertz CT molecular complexity index is 750. The molecule has 1 aromatic carbocycles. The fourth-order valence-electron chi connectivity index (χ4n) is 2.40. The summed E-state index contributed by atoms with van der Waals surface area (Å²) >= 11 is 0. The molecule has 0 bridgehead atoms. The molecule has 0 fully saturated rings. The Balaban J connectivity index is 2.14. The first-order chi connectivity index (χ1) is 11.3. The summed E-state index contributed by atoms with van der Waals surface area (Å²) in [5, 5.41) is 17.4. The predicted molar refractivity (Wildman–Crippen MR) is 92.1 cm³/mol. The van der Waals surface area contributed by atoms with E-state index in [4.69, 9.17) is 0 Å². The fraction of sp³-hybridized carbons (Fsp3) is 0.412. The maximum absolute atomic E-state index is 12.2. The molecule has 0 spiro atoms. The third-order valence-corrected chi connectivity index (χ3v) is 3.77.